The highest BCUT2D eigenvalue weighted by atomic mass is 16.3. The fraction of sp³-hybridized carbons (Fsp3) is 0.500. The fourth-order valence-corrected chi connectivity index (χ4v) is 1.62. The summed E-state index contributed by atoms with van der Waals surface area (Å²) in [4.78, 5) is 4.64. The molecule has 0 spiro atoms. The number of para-hydroxylation sites is 1. The Morgan fingerprint density at radius 1 is 1.31 bits per heavy atom. The summed E-state index contributed by atoms with van der Waals surface area (Å²) in [5.41, 5.74) is 1.74. The van der Waals surface area contributed by atoms with Crippen molar-refractivity contribution in [2.24, 2.45) is 10.9 Å². The number of phenols is 1. The molecule has 2 unspecified atom stereocenters. The number of phenolic OH excluding ortho intramolecular Hbond substituents is 1. The van der Waals surface area contributed by atoms with Gasteiger partial charge >= 0.3 is 0 Å². The van der Waals surface area contributed by atoms with E-state index in [0.717, 1.165) is 17.7 Å². The Balaban J connectivity index is 2.89. The summed E-state index contributed by atoms with van der Waals surface area (Å²) < 4.78 is 0. The SMILES string of the molecule is CCC(C)C(C)N=C(C)c1ccccc1O. The first-order chi connectivity index (χ1) is 7.56. The minimum Gasteiger partial charge on any atom is -0.507 e. The minimum absolute atomic E-state index is 0.296. The van der Waals surface area contributed by atoms with Crippen LogP contribution in [0.4, 0.5) is 0 Å². The molecular formula is C14H21NO. The van der Waals surface area contributed by atoms with Crippen molar-refractivity contribution in [2.75, 3.05) is 0 Å². The molecule has 1 rings (SSSR count). The predicted octanol–water partition coefficient (Wildman–Crippen LogP) is 3.64. The number of benzene rings is 1. The van der Waals surface area contributed by atoms with Crippen molar-refractivity contribution in [3.63, 3.8) is 0 Å². The third kappa shape index (κ3) is 3.09. The second-order valence-corrected chi connectivity index (χ2v) is 4.36. The normalized spacial score (nSPS) is 15.9. The number of rotatable bonds is 4. The van der Waals surface area contributed by atoms with Gasteiger partial charge in [0.15, 0.2) is 0 Å². The van der Waals surface area contributed by atoms with Crippen LogP contribution in [-0.4, -0.2) is 16.9 Å². The first-order valence-corrected chi connectivity index (χ1v) is 5.89. The minimum atomic E-state index is 0.296. The van der Waals surface area contributed by atoms with Crippen molar-refractivity contribution in [1.29, 1.82) is 0 Å². The summed E-state index contributed by atoms with van der Waals surface area (Å²) >= 11 is 0. The maximum atomic E-state index is 9.71. The highest BCUT2D eigenvalue weighted by Crippen LogP contribution is 2.18. The van der Waals surface area contributed by atoms with Crippen molar-refractivity contribution in [3.05, 3.63) is 29.8 Å². The maximum Gasteiger partial charge on any atom is 0.124 e. The number of nitrogens with zero attached hydrogens (tertiary/aromatic N) is 1. The summed E-state index contributed by atoms with van der Waals surface area (Å²) in [7, 11) is 0. The largest absolute Gasteiger partial charge is 0.507 e. The standard InChI is InChI=1S/C14H21NO/c1-5-10(2)11(3)15-12(4)13-8-6-7-9-14(13)16/h6-11,16H,5H2,1-4H3. The van der Waals surface area contributed by atoms with Crippen LogP contribution >= 0.6 is 0 Å². The number of aromatic hydroxyl groups is 1. The Labute approximate surface area is 98.0 Å². The molecule has 1 aromatic rings. The van der Waals surface area contributed by atoms with Crippen LogP contribution in [0.3, 0.4) is 0 Å². The molecular weight excluding hydrogens is 198 g/mol. The second kappa shape index (κ2) is 5.69. The predicted molar refractivity (Wildman–Crippen MR) is 69.2 cm³/mol. The molecule has 2 atom stereocenters. The van der Waals surface area contributed by atoms with Crippen molar-refractivity contribution >= 4 is 5.71 Å². The van der Waals surface area contributed by atoms with E-state index in [1.165, 1.54) is 0 Å². The van der Waals surface area contributed by atoms with Gasteiger partial charge in [-0.05, 0) is 31.9 Å². The van der Waals surface area contributed by atoms with E-state index >= 15 is 0 Å². The zero-order chi connectivity index (χ0) is 12.1. The summed E-state index contributed by atoms with van der Waals surface area (Å²) in [5.74, 6) is 0.876. The maximum absolute atomic E-state index is 9.71. The van der Waals surface area contributed by atoms with Gasteiger partial charge in [0, 0.05) is 17.3 Å². The van der Waals surface area contributed by atoms with Gasteiger partial charge in [-0.15, -0.1) is 0 Å². The fourth-order valence-electron chi connectivity index (χ4n) is 1.62. The van der Waals surface area contributed by atoms with Crippen LogP contribution in [0.25, 0.3) is 0 Å². The molecule has 88 valence electrons. The Bertz CT molecular complexity index is 371. The number of aliphatic imine (C=N–C) groups is 1. The molecule has 16 heavy (non-hydrogen) atoms. The quantitative estimate of drug-likeness (QED) is 0.770. The lowest BCUT2D eigenvalue weighted by Gasteiger charge is -2.15. The molecule has 0 aliphatic rings. The van der Waals surface area contributed by atoms with Crippen LogP contribution in [0.2, 0.25) is 0 Å². The van der Waals surface area contributed by atoms with E-state index < -0.39 is 0 Å². The van der Waals surface area contributed by atoms with Crippen LogP contribution in [0.5, 0.6) is 5.75 Å². The Hall–Kier alpha value is -1.31. The lowest BCUT2D eigenvalue weighted by atomic mass is 10.0. The van der Waals surface area contributed by atoms with E-state index in [9.17, 15) is 5.11 Å². The monoisotopic (exact) mass is 219 g/mol. The smallest absolute Gasteiger partial charge is 0.124 e. The molecule has 0 saturated heterocycles. The third-order valence-electron chi connectivity index (χ3n) is 3.16. The zero-order valence-electron chi connectivity index (χ0n) is 10.6. The molecule has 0 fully saturated rings. The van der Waals surface area contributed by atoms with E-state index in [1.807, 2.05) is 25.1 Å². The van der Waals surface area contributed by atoms with E-state index in [1.54, 1.807) is 6.07 Å². The van der Waals surface area contributed by atoms with Gasteiger partial charge in [0.2, 0.25) is 0 Å². The van der Waals surface area contributed by atoms with Gasteiger partial charge in [-0.2, -0.15) is 0 Å². The van der Waals surface area contributed by atoms with Gasteiger partial charge in [-0.3, -0.25) is 4.99 Å². The van der Waals surface area contributed by atoms with Gasteiger partial charge in [0.05, 0.1) is 0 Å². The number of hydrogen-bond donors (Lipinski definition) is 1. The van der Waals surface area contributed by atoms with E-state index in [-0.39, 0.29) is 0 Å². The van der Waals surface area contributed by atoms with Crippen molar-refractivity contribution in [1.82, 2.24) is 0 Å². The number of hydrogen-bond acceptors (Lipinski definition) is 2. The molecule has 2 heteroatoms. The summed E-state index contributed by atoms with van der Waals surface area (Å²) in [6.45, 7) is 8.45. The van der Waals surface area contributed by atoms with Crippen LogP contribution in [0, 0.1) is 5.92 Å². The van der Waals surface area contributed by atoms with Gasteiger partial charge in [-0.1, -0.05) is 32.4 Å². The van der Waals surface area contributed by atoms with Crippen LogP contribution in [-0.2, 0) is 0 Å². The molecule has 0 bridgehead atoms. The van der Waals surface area contributed by atoms with Gasteiger partial charge in [-0.25, -0.2) is 0 Å². The molecule has 0 aliphatic carbocycles. The average molecular weight is 219 g/mol. The summed E-state index contributed by atoms with van der Waals surface area (Å²) in [5, 5.41) is 9.71. The first-order valence-electron chi connectivity index (χ1n) is 5.89. The molecule has 0 heterocycles. The van der Waals surface area contributed by atoms with Crippen LogP contribution in [0.1, 0.15) is 39.7 Å². The van der Waals surface area contributed by atoms with Gasteiger partial charge in [0.1, 0.15) is 5.75 Å². The van der Waals surface area contributed by atoms with Gasteiger partial charge in [0.25, 0.3) is 0 Å². The van der Waals surface area contributed by atoms with Crippen molar-refractivity contribution in [3.8, 4) is 5.75 Å². The Kier molecular flexibility index (Phi) is 4.53. The summed E-state index contributed by atoms with van der Waals surface area (Å²) in [6.07, 6.45) is 1.12. The lowest BCUT2D eigenvalue weighted by Crippen LogP contribution is -2.13. The van der Waals surface area contributed by atoms with Gasteiger partial charge < -0.3 is 5.11 Å². The highest BCUT2D eigenvalue weighted by Gasteiger charge is 2.10. The molecule has 1 aromatic carbocycles. The van der Waals surface area contributed by atoms with Crippen molar-refractivity contribution in [2.45, 2.75) is 40.2 Å². The van der Waals surface area contributed by atoms with E-state index in [0.29, 0.717) is 17.7 Å². The molecule has 0 amide bonds. The summed E-state index contributed by atoms with van der Waals surface area (Å²) in [6, 6.07) is 7.64. The lowest BCUT2D eigenvalue weighted by molar-refractivity contribution is 0.468. The molecule has 1 N–H and O–H groups in total. The zero-order valence-corrected chi connectivity index (χ0v) is 10.6. The van der Waals surface area contributed by atoms with Crippen LogP contribution < -0.4 is 0 Å². The Morgan fingerprint density at radius 2 is 1.94 bits per heavy atom. The molecule has 0 aromatic heterocycles. The topological polar surface area (TPSA) is 32.6 Å². The first kappa shape index (κ1) is 12.8. The molecule has 0 radical (unpaired) electrons. The Morgan fingerprint density at radius 3 is 2.50 bits per heavy atom. The second-order valence-electron chi connectivity index (χ2n) is 4.36. The van der Waals surface area contributed by atoms with Crippen molar-refractivity contribution < 1.29 is 5.11 Å². The molecule has 2 nitrogen and oxygen atoms in total. The highest BCUT2D eigenvalue weighted by molar-refractivity contribution is 6.01. The average Bonchev–Trinajstić information content (AvgIpc) is 2.28. The molecule has 0 saturated carbocycles. The van der Waals surface area contributed by atoms with E-state index in [4.69, 9.17) is 0 Å². The molecule has 0 aliphatic heterocycles. The van der Waals surface area contributed by atoms with E-state index in [2.05, 4.69) is 25.8 Å². The van der Waals surface area contributed by atoms with Crippen LogP contribution in [0.15, 0.2) is 29.3 Å². The third-order valence-corrected chi connectivity index (χ3v) is 3.16.